The SMILES string of the molecule is CCCC(Cl)CCc1cc(Cl)ccc1OC. The van der Waals surface area contributed by atoms with E-state index < -0.39 is 0 Å². The van der Waals surface area contributed by atoms with Crippen LogP contribution in [0.5, 0.6) is 5.75 Å². The summed E-state index contributed by atoms with van der Waals surface area (Å²) in [7, 11) is 1.68. The van der Waals surface area contributed by atoms with E-state index in [9.17, 15) is 0 Å². The summed E-state index contributed by atoms with van der Waals surface area (Å²) in [6, 6.07) is 5.70. The van der Waals surface area contributed by atoms with Crippen LogP contribution >= 0.6 is 23.2 Å². The number of aryl methyl sites for hydroxylation is 1. The third-order valence-corrected chi connectivity index (χ3v) is 3.24. The number of methoxy groups -OCH3 is 1. The third-order valence-electron chi connectivity index (χ3n) is 2.57. The Balaban J connectivity index is 2.61. The maximum absolute atomic E-state index is 6.19. The Hall–Kier alpha value is -0.400. The lowest BCUT2D eigenvalue weighted by molar-refractivity contribution is 0.409. The zero-order valence-corrected chi connectivity index (χ0v) is 11.3. The molecule has 1 rings (SSSR count). The van der Waals surface area contributed by atoms with Gasteiger partial charge in [0.05, 0.1) is 7.11 Å². The Morgan fingerprint density at radius 1 is 1.31 bits per heavy atom. The lowest BCUT2D eigenvalue weighted by Gasteiger charge is -2.11. The van der Waals surface area contributed by atoms with Gasteiger partial charge in [-0.3, -0.25) is 0 Å². The molecular formula is C13H18Cl2O. The zero-order valence-electron chi connectivity index (χ0n) is 9.80. The maximum Gasteiger partial charge on any atom is 0.122 e. The number of halogens is 2. The Morgan fingerprint density at radius 3 is 2.69 bits per heavy atom. The van der Waals surface area contributed by atoms with Crippen molar-refractivity contribution in [1.82, 2.24) is 0 Å². The molecule has 0 N–H and O–H groups in total. The fourth-order valence-corrected chi connectivity index (χ4v) is 2.23. The first-order valence-corrected chi connectivity index (χ1v) is 6.45. The molecule has 1 unspecified atom stereocenters. The highest BCUT2D eigenvalue weighted by Gasteiger charge is 2.08. The third kappa shape index (κ3) is 4.23. The number of ether oxygens (including phenoxy) is 1. The predicted octanol–water partition coefficient (Wildman–Crippen LogP) is 4.69. The summed E-state index contributed by atoms with van der Waals surface area (Å²) in [5.41, 5.74) is 1.14. The van der Waals surface area contributed by atoms with E-state index >= 15 is 0 Å². The second kappa shape index (κ2) is 7.03. The van der Waals surface area contributed by atoms with E-state index in [1.807, 2.05) is 18.2 Å². The zero-order chi connectivity index (χ0) is 12.0. The van der Waals surface area contributed by atoms with Gasteiger partial charge in [0.15, 0.2) is 0 Å². The first-order valence-electron chi connectivity index (χ1n) is 5.63. The predicted molar refractivity (Wildman–Crippen MR) is 70.9 cm³/mol. The van der Waals surface area contributed by atoms with Crippen molar-refractivity contribution in [1.29, 1.82) is 0 Å². The molecule has 0 fully saturated rings. The van der Waals surface area contributed by atoms with Crippen LogP contribution in [0.15, 0.2) is 18.2 Å². The van der Waals surface area contributed by atoms with Crippen molar-refractivity contribution in [3.8, 4) is 5.75 Å². The quantitative estimate of drug-likeness (QED) is 0.675. The number of alkyl halides is 1. The van der Waals surface area contributed by atoms with Gasteiger partial charge in [-0.1, -0.05) is 24.9 Å². The average Bonchev–Trinajstić information content (AvgIpc) is 2.27. The van der Waals surface area contributed by atoms with Gasteiger partial charge in [-0.05, 0) is 43.0 Å². The highest BCUT2D eigenvalue weighted by molar-refractivity contribution is 6.30. The van der Waals surface area contributed by atoms with Crippen LogP contribution in [-0.4, -0.2) is 12.5 Å². The molecule has 1 aromatic rings. The van der Waals surface area contributed by atoms with Crippen LogP contribution < -0.4 is 4.74 Å². The molecule has 1 nitrogen and oxygen atoms in total. The Morgan fingerprint density at radius 2 is 2.06 bits per heavy atom. The molecule has 16 heavy (non-hydrogen) atoms. The highest BCUT2D eigenvalue weighted by Crippen LogP contribution is 2.25. The van der Waals surface area contributed by atoms with Crippen LogP contribution in [-0.2, 0) is 6.42 Å². The van der Waals surface area contributed by atoms with Gasteiger partial charge < -0.3 is 4.74 Å². The summed E-state index contributed by atoms with van der Waals surface area (Å²) in [5, 5.41) is 0.992. The van der Waals surface area contributed by atoms with Crippen molar-refractivity contribution in [3.05, 3.63) is 28.8 Å². The molecule has 0 heterocycles. The van der Waals surface area contributed by atoms with Crippen LogP contribution in [0, 0.1) is 0 Å². The molecule has 1 aromatic carbocycles. The minimum absolute atomic E-state index is 0.244. The summed E-state index contributed by atoms with van der Waals surface area (Å²) < 4.78 is 5.29. The molecule has 0 aromatic heterocycles. The minimum Gasteiger partial charge on any atom is -0.496 e. The second-order valence-corrected chi connectivity index (χ2v) is 4.93. The summed E-state index contributed by atoms with van der Waals surface area (Å²) in [5.74, 6) is 0.893. The summed E-state index contributed by atoms with van der Waals surface area (Å²) in [6.45, 7) is 2.15. The standard InChI is InChI=1S/C13H18Cl2O/c1-3-4-11(14)6-5-10-9-12(15)7-8-13(10)16-2/h7-9,11H,3-6H2,1-2H3. The van der Waals surface area contributed by atoms with E-state index in [1.165, 1.54) is 0 Å². The normalized spacial score (nSPS) is 12.5. The van der Waals surface area contributed by atoms with Crippen molar-refractivity contribution < 1.29 is 4.74 Å². The summed E-state index contributed by atoms with van der Waals surface area (Å²) >= 11 is 12.2. The molecule has 0 saturated carbocycles. The monoisotopic (exact) mass is 260 g/mol. The molecule has 0 aliphatic heterocycles. The second-order valence-electron chi connectivity index (χ2n) is 3.88. The molecular weight excluding hydrogens is 243 g/mol. The molecule has 90 valence electrons. The van der Waals surface area contributed by atoms with Crippen LogP contribution in [0.25, 0.3) is 0 Å². The molecule has 0 aliphatic rings. The largest absolute Gasteiger partial charge is 0.496 e. The Bertz CT molecular complexity index is 326. The van der Waals surface area contributed by atoms with Gasteiger partial charge in [-0.15, -0.1) is 11.6 Å². The fourth-order valence-electron chi connectivity index (χ4n) is 1.71. The smallest absolute Gasteiger partial charge is 0.122 e. The van der Waals surface area contributed by atoms with Gasteiger partial charge in [0, 0.05) is 10.4 Å². The van der Waals surface area contributed by atoms with E-state index in [2.05, 4.69) is 6.92 Å². The van der Waals surface area contributed by atoms with Gasteiger partial charge in [-0.25, -0.2) is 0 Å². The van der Waals surface area contributed by atoms with E-state index in [1.54, 1.807) is 7.11 Å². The molecule has 0 saturated heterocycles. The van der Waals surface area contributed by atoms with E-state index in [0.29, 0.717) is 0 Å². The maximum atomic E-state index is 6.19. The van der Waals surface area contributed by atoms with Crippen LogP contribution in [0.1, 0.15) is 31.7 Å². The van der Waals surface area contributed by atoms with Crippen molar-refractivity contribution in [2.75, 3.05) is 7.11 Å². The molecule has 0 bridgehead atoms. The van der Waals surface area contributed by atoms with Gasteiger partial charge in [0.2, 0.25) is 0 Å². The highest BCUT2D eigenvalue weighted by atomic mass is 35.5. The van der Waals surface area contributed by atoms with Crippen molar-refractivity contribution >= 4 is 23.2 Å². The Labute approximate surface area is 108 Å². The number of hydrogen-bond acceptors (Lipinski definition) is 1. The van der Waals surface area contributed by atoms with Crippen molar-refractivity contribution in [2.45, 2.75) is 38.0 Å². The molecule has 1 atom stereocenters. The molecule has 0 aliphatic carbocycles. The van der Waals surface area contributed by atoms with Crippen molar-refractivity contribution in [3.63, 3.8) is 0 Å². The molecule has 0 spiro atoms. The van der Waals surface area contributed by atoms with E-state index in [0.717, 1.165) is 42.0 Å². The number of rotatable bonds is 6. The first-order chi connectivity index (χ1) is 7.67. The van der Waals surface area contributed by atoms with Gasteiger partial charge in [0.25, 0.3) is 0 Å². The molecule has 0 radical (unpaired) electrons. The lowest BCUT2D eigenvalue weighted by atomic mass is 10.1. The Kier molecular flexibility index (Phi) is 6.00. The van der Waals surface area contributed by atoms with Crippen LogP contribution in [0.4, 0.5) is 0 Å². The van der Waals surface area contributed by atoms with Gasteiger partial charge in [-0.2, -0.15) is 0 Å². The lowest BCUT2D eigenvalue weighted by Crippen LogP contribution is -2.01. The summed E-state index contributed by atoms with van der Waals surface area (Å²) in [6.07, 6.45) is 4.06. The number of benzene rings is 1. The number of hydrogen-bond donors (Lipinski definition) is 0. The van der Waals surface area contributed by atoms with Crippen LogP contribution in [0.3, 0.4) is 0 Å². The van der Waals surface area contributed by atoms with Crippen molar-refractivity contribution in [2.24, 2.45) is 0 Å². The average molecular weight is 261 g/mol. The first kappa shape index (κ1) is 13.7. The van der Waals surface area contributed by atoms with E-state index in [-0.39, 0.29) is 5.38 Å². The minimum atomic E-state index is 0.244. The topological polar surface area (TPSA) is 9.23 Å². The van der Waals surface area contributed by atoms with Gasteiger partial charge >= 0.3 is 0 Å². The van der Waals surface area contributed by atoms with E-state index in [4.69, 9.17) is 27.9 Å². The van der Waals surface area contributed by atoms with Gasteiger partial charge in [0.1, 0.15) is 5.75 Å². The molecule has 0 amide bonds. The van der Waals surface area contributed by atoms with Crippen LogP contribution in [0.2, 0.25) is 5.02 Å². The molecule has 3 heteroatoms. The summed E-state index contributed by atoms with van der Waals surface area (Å²) in [4.78, 5) is 0. The fraction of sp³-hybridized carbons (Fsp3) is 0.538.